The highest BCUT2D eigenvalue weighted by atomic mass is 32.2. The molecule has 0 bridgehead atoms. The second-order valence-corrected chi connectivity index (χ2v) is 8.90. The van der Waals surface area contributed by atoms with E-state index in [4.69, 9.17) is 4.98 Å². The summed E-state index contributed by atoms with van der Waals surface area (Å²) in [6.07, 6.45) is 5.53. The van der Waals surface area contributed by atoms with E-state index in [1.165, 1.54) is 35.0 Å². The lowest BCUT2D eigenvalue weighted by atomic mass is 10.1. The molecule has 2 aromatic heterocycles. The fraction of sp³-hybridized carbons (Fsp3) is 0.350. The predicted octanol–water partition coefficient (Wildman–Crippen LogP) is 4.72. The SMILES string of the molecule is C[C@H](C#N)Sc1nc2sc3c(c2c(=O)n1-c1ccccc1)CCCCC3. The molecule has 0 spiro atoms. The molecular formula is C20H19N3OS2. The van der Waals surface area contributed by atoms with Crippen LogP contribution in [0.25, 0.3) is 15.9 Å². The number of nitrogens with zero attached hydrogens (tertiary/aromatic N) is 3. The summed E-state index contributed by atoms with van der Waals surface area (Å²) in [6.45, 7) is 1.83. The topological polar surface area (TPSA) is 58.7 Å². The van der Waals surface area contributed by atoms with Gasteiger partial charge in [0.1, 0.15) is 4.83 Å². The highest BCUT2D eigenvalue weighted by molar-refractivity contribution is 8.00. The summed E-state index contributed by atoms with van der Waals surface area (Å²) >= 11 is 3.00. The number of para-hydroxylation sites is 1. The van der Waals surface area contributed by atoms with E-state index in [0.717, 1.165) is 35.2 Å². The molecule has 0 aliphatic heterocycles. The van der Waals surface area contributed by atoms with Gasteiger partial charge in [0.2, 0.25) is 0 Å². The average Bonchev–Trinajstić information content (AvgIpc) is 2.84. The molecule has 1 atom stereocenters. The first-order chi connectivity index (χ1) is 12.7. The quantitative estimate of drug-likeness (QED) is 0.374. The van der Waals surface area contributed by atoms with E-state index >= 15 is 0 Å². The number of benzene rings is 1. The molecule has 4 nitrogen and oxygen atoms in total. The molecule has 0 unspecified atom stereocenters. The van der Waals surface area contributed by atoms with Crippen molar-refractivity contribution in [1.29, 1.82) is 5.26 Å². The van der Waals surface area contributed by atoms with E-state index in [9.17, 15) is 10.1 Å². The fourth-order valence-corrected chi connectivity index (χ4v) is 5.55. The van der Waals surface area contributed by atoms with Crippen molar-refractivity contribution in [3.8, 4) is 11.8 Å². The third-order valence-corrected chi connectivity index (χ3v) is 6.82. The first-order valence-electron chi connectivity index (χ1n) is 8.88. The van der Waals surface area contributed by atoms with Crippen LogP contribution in [0.5, 0.6) is 0 Å². The van der Waals surface area contributed by atoms with Crippen LogP contribution < -0.4 is 5.56 Å². The van der Waals surface area contributed by atoms with Gasteiger partial charge in [-0.3, -0.25) is 9.36 Å². The number of hydrogen-bond donors (Lipinski definition) is 0. The number of aromatic nitrogens is 2. The van der Waals surface area contributed by atoms with Crippen molar-refractivity contribution in [3.63, 3.8) is 0 Å². The normalized spacial score (nSPS) is 15.2. The van der Waals surface area contributed by atoms with Gasteiger partial charge in [-0.15, -0.1) is 11.3 Å². The van der Waals surface area contributed by atoms with Crippen molar-refractivity contribution in [1.82, 2.24) is 9.55 Å². The zero-order valence-electron chi connectivity index (χ0n) is 14.6. The lowest BCUT2D eigenvalue weighted by molar-refractivity contribution is 0.713. The van der Waals surface area contributed by atoms with Gasteiger partial charge in [0.05, 0.1) is 22.4 Å². The van der Waals surface area contributed by atoms with E-state index in [1.807, 2.05) is 37.3 Å². The Bertz CT molecular complexity index is 1050. The van der Waals surface area contributed by atoms with Crippen molar-refractivity contribution in [2.45, 2.75) is 49.4 Å². The smallest absolute Gasteiger partial charge is 0.267 e. The Morgan fingerprint density at radius 3 is 2.77 bits per heavy atom. The maximum absolute atomic E-state index is 13.5. The van der Waals surface area contributed by atoms with Crippen LogP contribution in [0.4, 0.5) is 0 Å². The Hall–Kier alpha value is -2.10. The van der Waals surface area contributed by atoms with Crippen molar-refractivity contribution >= 4 is 33.3 Å². The van der Waals surface area contributed by atoms with Gasteiger partial charge in [0, 0.05) is 4.88 Å². The highest BCUT2D eigenvalue weighted by Crippen LogP contribution is 2.35. The molecule has 2 heterocycles. The van der Waals surface area contributed by atoms with Gasteiger partial charge in [0.25, 0.3) is 5.56 Å². The molecule has 1 aromatic carbocycles. The summed E-state index contributed by atoms with van der Waals surface area (Å²) in [5, 5.41) is 10.3. The van der Waals surface area contributed by atoms with Gasteiger partial charge >= 0.3 is 0 Å². The number of hydrogen-bond acceptors (Lipinski definition) is 5. The summed E-state index contributed by atoms with van der Waals surface area (Å²) in [4.78, 5) is 20.5. The highest BCUT2D eigenvalue weighted by Gasteiger charge is 2.22. The van der Waals surface area contributed by atoms with Crippen LogP contribution in [0, 0.1) is 11.3 Å². The maximum atomic E-state index is 13.5. The Labute approximate surface area is 160 Å². The van der Waals surface area contributed by atoms with Gasteiger partial charge in [-0.25, -0.2) is 4.98 Å². The third kappa shape index (κ3) is 3.06. The van der Waals surface area contributed by atoms with E-state index in [0.29, 0.717) is 5.16 Å². The first kappa shape index (κ1) is 17.3. The Kier molecular flexibility index (Phi) is 4.84. The summed E-state index contributed by atoms with van der Waals surface area (Å²) in [5.74, 6) is 0. The standard InChI is InChI=1S/C20H19N3OS2/c1-13(12-21)25-20-22-18-17(15-10-6-3-7-11-16(15)26-18)19(24)23(20)14-8-4-2-5-9-14/h2,4-5,8-9,13H,3,6-7,10-11H2,1H3/t13-/m1/s1. The molecule has 0 amide bonds. The molecular weight excluding hydrogens is 362 g/mol. The minimum absolute atomic E-state index is 0.00626. The van der Waals surface area contributed by atoms with Crippen LogP contribution in [0.3, 0.4) is 0 Å². The van der Waals surface area contributed by atoms with Crippen LogP contribution in [-0.4, -0.2) is 14.8 Å². The number of rotatable bonds is 3. The summed E-state index contributed by atoms with van der Waals surface area (Å²) in [6, 6.07) is 11.8. The molecule has 26 heavy (non-hydrogen) atoms. The van der Waals surface area contributed by atoms with Crippen LogP contribution in [0.1, 0.15) is 36.6 Å². The van der Waals surface area contributed by atoms with Gasteiger partial charge in [-0.05, 0) is 50.3 Å². The van der Waals surface area contributed by atoms with E-state index in [2.05, 4.69) is 6.07 Å². The number of thioether (sulfide) groups is 1. The molecule has 0 fully saturated rings. The molecule has 6 heteroatoms. The van der Waals surface area contributed by atoms with E-state index in [-0.39, 0.29) is 10.8 Å². The minimum Gasteiger partial charge on any atom is -0.268 e. The molecule has 3 aromatic rings. The lowest BCUT2D eigenvalue weighted by Gasteiger charge is -2.13. The maximum Gasteiger partial charge on any atom is 0.267 e. The fourth-order valence-electron chi connectivity index (χ4n) is 3.43. The van der Waals surface area contributed by atoms with Gasteiger partial charge in [-0.2, -0.15) is 5.26 Å². The number of fused-ring (bicyclic) bond motifs is 3. The van der Waals surface area contributed by atoms with E-state index in [1.54, 1.807) is 15.9 Å². The Morgan fingerprint density at radius 1 is 1.23 bits per heavy atom. The summed E-state index contributed by atoms with van der Waals surface area (Å²) < 4.78 is 1.68. The van der Waals surface area contributed by atoms with Crippen molar-refractivity contribution in [3.05, 3.63) is 51.1 Å². The molecule has 132 valence electrons. The lowest BCUT2D eigenvalue weighted by Crippen LogP contribution is -2.22. The molecule has 0 saturated carbocycles. The zero-order valence-corrected chi connectivity index (χ0v) is 16.2. The van der Waals surface area contributed by atoms with Crippen LogP contribution in [0.15, 0.2) is 40.3 Å². The predicted molar refractivity (Wildman–Crippen MR) is 107 cm³/mol. The average molecular weight is 382 g/mol. The molecule has 1 aliphatic carbocycles. The second kappa shape index (κ2) is 7.26. The summed E-state index contributed by atoms with van der Waals surface area (Å²) in [5.41, 5.74) is 2.00. The van der Waals surface area contributed by atoms with Gasteiger partial charge < -0.3 is 0 Å². The first-order valence-corrected chi connectivity index (χ1v) is 10.6. The number of aryl methyl sites for hydroxylation is 2. The number of nitriles is 1. The zero-order chi connectivity index (χ0) is 18.1. The molecule has 0 saturated heterocycles. The van der Waals surface area contributed by atoms with Gasteiger partial charge in [0.15, 0.2) is 5.16 Å². The van der Waals surface area contributed by atoms with Gasteiger partial charge in [-0.1, -0.05) is 36.4 Å². The van der Waals surface area contributed by atoms with Crippen LogP contribution >= 0.6 is 23.1 Å². The van der Waals surface area contributed by atoms with Crippen LogP contribution in [0.2, 0.25) is 0 Å². The molecule has 1 aliphatic rings. The molecule has 4 rings (SSSR count). The monoisotopic (exact) mass is 381 g/mol. The Balaban J connectivity index is 2.00. The largest absolute Gasteiger partial charge is 0.268 e. The third-order valence-electron chi connectivity index (χ3n) is 4.69. The second-order valence-electron chi connectivity index (χ2n) is 6.50. The Morgan fingerprint density at radius 2 is 2.00 bits per heavy atom. The van der Waals surface area contributed by atoms with Crippen molar-refractivity contribution in [2.75, 3.05) is 0 Å². The van der Waals surface area contributed by atoms with Crippen LogP contribution in [-0.2, 0) is 12.8 Å². The van der Waals surface area contributed by atoms with Crippen molar-refractivity contribution < 1.29 is 0 Å². The molecule has 0 N–H and O–H groups in total. The van der Waals surface area contributed by atoms with Crippen molar-refractivity contribution in [2.24, 2.45) is 0 Å². The number of thiophene rings is 1. The van der Waals surface area contributed by atoms with E-state index < -0.39 is 0 Å². The summed E-state index contributed by atoms with van der Waals surface area (Å²) in [7, 11) is 0. The molecule has 0 radical (unpaired) electrons. The minimum atomic E-state index is -0.271.